The number of Topliss-reactive ketones (excluding diaryl/α,β-unsaturated/α-hetero) is 2. The van der Waals surface area contributed by atoms with Gasteiger partial charge in [0.1, 0.15) is 10.5 Å². The van der Waals surface area contributed by atoms with Crippen LogP contribution in [0.25, 0.3) is 10.4 Å². The molecule has 0 aliphatic heterocycles. The Kier molecular flexibility index (Phi) is 6.56. The van der Waals surface area contributed by atoms with Gasteiger partial charge in [0.25, 0.3) is 0 Å². The van der Waals surface area contributed by atoms with Crippen molar-refractivity contribution in [1.29, 1.82) is 0 Å². The lowest BCUT2D eigenvalue weighted by Crippen LogP contribution is -2.55. The Balaban J connectivity index is 2.57. The number of rotatable bonds is 8. The summed E-state index contributed by atoms with van der Waals surface area (Å²) in [5.41, 5.74) is 8.46. The highest BCUT2D eigenvalue weighted by atomic mass is 32.2. The van der Waals surface area contributed by atoms with Gasteiger partial charge in [-0.2, -0.15) is 0 Å². The van der Waals surface area contributed by atoms with Crippen LogP contribution < -0.4 is 0 Å². The summed E-state index contributed by atoms with van der Waals surface area (Å²) in [6, 6.07) is 7.92. The van der Waals surface area contributed by atoms with E-state index in [4.69, 9.17) is 5.53 Å². The van der Waals surface area contributed by atoms with Crippen LogP contribution in [0.3, 0.4) is 0 Å². The summed E-state index contributed by atoms with van der Waals surface area (Å²) in [5.74, 6) is -1.02. The molecule has 0 radical (unpaired) electrons. The molecule has 1 aromatic carbocycles. The Labute approximate surface area is 153 Å². The van der Waals surface area contributed by atoms with E-state index in [1.54, 1.807) is 18.2 Å². The van der Waals surface area contributed by atoms with Crippen molar-refractivity contribution >= 4 is 21.4 Å². The molecule has 1 aromatic rings. The molecule has 2 rings (SSSR count). The fourth-order valence-electron chi connectivity index (χ4n) is 3.91. The largest absolute Gasteiger partial charge is 0.300 e. The van der Waals surface area contributed by atoms with Gasteiger partial charge in [-0.3, -0.25) is 4.79 Å². The minimum absolute atomic E-state index is 0.0549. The smallest absolute Gasteiger partial charge is 0.191 e. The number of ketones is 2. The van der Waals surface area contributed by atoms with E-state index in [-0.39, 0.29) is 48.7 Å². The van der Waals surface area contributed by atoms with E-state index < -0.39 is 20.5 Å². The van der Waals surface area contributed by atoms with E-state index >= 15 is 0 Å². The Morgan fingerprint density at radius 1 is 1.35 bits per heavy atom. The number of hydrogen-bond donors (Lipinski definition) is 0. The van der Waals surface area contributed by atoms with Gasteiger partial charge in [0, 0.05) is 24.3 Å². The number of azide groups is 1. The van der Waals surface area contributed by atoms with Crippen LogP contribution in [-0.2, 0) is 19.4 Å². The first-order chi connectivity index (χ1) is 12.4. The predicted molar refractivity (Wildman–Crippen MR) is 97.3 cm³/mol. The van der Waals surface area contributed by atoms with Crippen LogP contribution in [0.1, 0.15) is 45.4 Å². The molecular formula is C18H23N3O4S. The molecule has 0 saturated heterocycles. The van der Waals surface area contributed by atoms with E-state index in [0.29, 0.717) is 12.8 Å². The monoisotopic (exact) mass is 377 g/mol. The van der Waals surface area contributed by atoms with Gasteiger partial charge < -0.3 is 4.79 Å². The van der Waals surface area contributed by atoms with Gasteiger partial charge in [0.15, 0.2) is 15.6 Å². The lowest BCUT2D eigenvalue weighted by Gasteiger charge is -2.42. The number of sulfone groups is 1. The standard InChI is InChI=1S/C18H23N3O4S/c1-14(22)13-15-7-5-10-17(23)18(15,11-6-12-20-21-19)26(24,25)16-8-3-2-4-9-16/h2-4,8-9,15H,5-7,10-13H2,1H3/t15-,18-/m1/s1. The SMILES string of the molecule is CC(=O)C[C@H]1CCCC(=O)[C@]1(CCCN=[N+]=[N-])S(=O)(=O)c1ccccc1. The van der Waals surface area contributed by atoms with Crippen LogP contribution in [0.5, 0.6) is 0 Å². The highest BCUT2D eigenvalue weighted by molar-refractivity contribution is 7.93. The Morgan fingerprint density at radius 3 is 2.65 bits per heavy atom. The molecule has 26 heavy (non-hydrogen) atoms. The second-order valence-corrected chi connectivity index (χ2v) is 8.89. The van der Waals surface area contributed by atoms with Gasteiger partial charge >= 0.3 is 0 Å². The van der Waals surface area contributed by atoms with Crippen molar-refractivity contribution in [3.8, 4) is 0 Å². The molecule has 8 heteroatoms. The minimum atomic E-state index is -3.99. The van der Waals surface area contributed by atoms with Crippen molar-refractivity contribution in [2.75, 3.05) is 6.54 Å². The zero-order chi connectivity index (χ0) is 19.2. The van der Waals surface area contributed by atoms with E-state index in [9.17, 15) is 18.0 Å². The third-order valence-electron chi connectivity index (χ3n) is 5.02. The van der Waals surface area contributed by atoms with E-state index in [1.807, 2.05) is 0 Å². The molecule has 0 aromatic heterocycles. The molecule has 1 saturated carbocycles. The topological polar surface area (TPSA) is 117 Å². The number of benzene rings is 1. The third kappa shape index (κ3) is 3.81. The molecule has 7 nitrogen and oxygen atoms in total. The number of nitrogens with zero attached hydrogens (tertiary/aromatic N) is 3. The Morgan fingerprint density at radius 2 is 2.04 bits per heavy atom. The van der Waals surface area contributed by atoms with Crippen LogP contribution in [0.4, 0.5) is 0 Å². The quantitative estimate of drug-likeness (QED) is 0.297. The first-order valence-electron chi connectivity index (χ1n) is 8.69. The maximum Gasteiger partial charge on any atom is 0.191 e. The second kappa shape index (κ2) is 8.47. The second-order valence-electron chi connectivity index (χ2n) is 6.68. The third-order valence-corrected chi connectivity index (χ3v) is 7.64. The van der Waals surface area contributed by atoms with E-state index in [0.717, 1.165) is 0 Å². The number of hydrogen-bond acceptors (Lipinski definition) is 5. The summed E-state index contributed by atoms with van der Waals surface area (Å²) in [4.78, 5) is 27.5. The molecule has 0 bridgehead atoms. The van der Waals surface area contributed by atoms with Crippen molar-refractivity contribution in [2.45, 2.75) is 55.1 Å². The lowest BCUT2D eigenvalue weighted by atomic mass is 9.73. The van der Waals surface area contributed by atoms with Crippen molar-refractivity contribution in [1.82, 2.24) is 0 Å². The number of carbonyl (C=O) groups is 2. The molecule has 1 fully saturated rings. The fourth-order valence-corrected chi connectivity index (χ4v) is 6.30. The Bertz CT molecular complexity index is 816. The average Bonchev–Trinajstić information content (AvgIpc) is 2.61. The zero-order valence-electron chi connectivity index (χ0n) is 14.8. The van der Waals surface area contributed by atoms with Gasteiger partial charge in [-0.25, -0.2) is 8.42 Å². The fraction of sp³-hybridized carbons (Fsp3) is 0.556. The number of carbonyl (C=O) groups excluding carboxylic acids is 2. The van der Waals surface area contributed by atoms with Gasteiger partial charge in [-0.15, -0.1) is 0 Å². The zero-order valence-corrected chi connectivity index (χ0v) is 15.6. The summed E-state index contributed by atoms with van der Waals surface area (Å²) in [6.45, 7) is 1.53. The molecule has 0 amide bonds. The van der Waals surface area contributed by atoms with Crippen molar-refractivity contribution in [3.63, 3.8) is 0 Å². The summed E-state index contributed by atoms with van der Waals surface area (Å²) in [6.07, 6.45) is 1.66. The van der Waals surface area contributed by atoms with Crippen molar-refractivity contribution in [2.24, 2.45) is 11.0 Å². The van der Waals surface area contributed by atoms with Gasteiger partial charge in [0.2, 0.25) is 0 Å². The van der Waals surface area contributed by atoms with Crippen LogP contribution in [-0.4, -0.2) is 31.3 Å². The van der Waals surface area contributed by atoms with E-state index in [1.165, 1.54) is 19.1 Å². The molecule has 1 aliphatic rings. The lowest BCUT2D eigenvalue weighted by molar-refractivity contribution is -0.126. The molecule has 2 atom stereocenters. The van der Waals surface area contributed by atoms with Crippen LogP contribution >= 0.6 is 0 Å². The Hall–Kier alpha value is -2.18. The van der Waals surface area contributed by atoms with Crippen LogP contribution in [0.15, 0.2) is 40.3 Å². The molecule has 0 N–H and O–H groups in total. The highest BCUT2D eigenvalue weighted by Gasteiger charge is 2.56. The molecule has 0 spiro atoms. The van der Waals surface area contributed by atoms with Gasteiger partial charge in [-0.05, 0) is 56.2 Å². The summed E-state index contributed by atoms with van der Waals surface area (Å²) in [7, 11) is -3.99. The first-order valence-corrected chi connectivity index (χ1v) is 10.2. The summed E-state index contributed by atoms with van der Waals surface area (Å²) < 4.78 is 25.4. The molecule has 1 aliphatic carbocycles. The summed E-state index contributed by atoms with van der Waals surface area (Å²) >= 11 is 0. The van der Waals surface area contributed by atoms with E-state index in [2.05, 4.69) is 10.0 Å². The van der Waals surface area contributed by atoms with Crippen molar-refractivity contribution in [3.05, 3.63) is 40.8 Å². The molecule has 0 unspecified atom stereocenters. The molecule has 0 heterocycles. The normalized spacial score (nSPS) is 23.3. The van der Waals surface area contributed by atoms with Crippen LogP contribution in [0.2, 0.25) is 0 Å². The molecule has 140 valence electrons. The van der Waals surface area contributed by atoms with Crippen LogP contribution in [0, 0.1) is 5.92 Å². The molecular weight excluding hydrogens is 354 g/mol. The average molecular weight is 377 g/mol. The maximum atomic E-state index is 13.5. The summed E-state index contributed by atoms with van der Waals surface area (Å²) in [5, 5.41) is 3.46. The van der Waals surface area contributed by atoms with Crippen molar-refractivity contribution < 1.29 is 18.0 Å². The maximum absolute atomic E-state index is 13.5. The van der Waals surface area contributed by atoms with Gasteiger partial charge in [0.05, 0.1) is 4.90 Å². The predicted octanol–water partition coefficient (Wildman–Crippen LogP) is 3.64. The first kappa shape index (κ1) is 20.1. The highest BCUT2D eigenvalue weighted by Crippen LogP contribution is 2.45. The van der Waals surface area contributed by atoms with Gasteiger partial charge in [-0.1, -0.05) is 23.3 Å². The minimum Gasteiger partial charge on any atom is -0.300 e.